The van der Waals surface area contributed by atoms with Gasteiger partial charge in [-0.25, -0.2) is 9.59 Å². The van der Waals surface area contributed by atoms with Crippen LogP contribution in [0.3, 0.4) is 0 Å². The molecule has 1 atom stereocenters. The maximum Gasteiger partial charge on any atom is 0.354 e. The van der Waals surface area contributed by atoms with Crippen molar-refractivity contribution in [1.82, 2.24) is 0 Å². The van der Waals surface area contributed by atoms with E-state index >= 15 is 0 Å². The zero-order chi connectivity index (χ0) is 17.0. The number of rotatable bonds is 4. The molecule has 0 saturated heterocycles. The molecule has 1 aromatic carbocycles. The third-order valence-electron chi connectivity index (χ3n) is 3.76. The quantitative estimate of drug-likeness (QED) is 0.796. The molecule has 1 aliphatic rings. The average molecular weight is 340 g/mol. The molecule has 5 heteroatoms. The fourth-order valence-corrected chi connectivity index (χ4v) is 3.23. The second-order valence-corrected chi connectivity index (χ2v) is 6.34. The lowest BCUT2D eigenvalue weighted by molar-refractivity contribution is -0.172. The number of hydrogen-bond donors (Lipinski definition) is 0. The summed E-state index contributed by atoms with van der Waals surface area (Å²) in [5, 5.41) is 1.94. The van der Waals surface area contributed by atoms with Crippen molar-refractivity contribution in [2.24, 2.45) is 0 Å². The monoisotopic (exact) mass is 340 g/mol. The molecule has 0 bridgehead atoms. The predicted molar refractivity (Wildman–Crippen MR) is 93.2 cm³/mol. The highest BCUT2D eigenvalue weighted by atomic mass is 32.1. The lowest BCUT2D eigenvalue weighted by Crippen LogP contribution is -2.44. The number of carbonyl (C=O) groups is 2. The van der Waals surface area contributed by atoms with E-state index in [2.05, 4.69) is 0 Å². The van der Waals surface area contributed by atoms with Crippen molar-refractivity contribution < 1.29 is 19.1 Å². The second-order valence-electron chi connectivity index (χ2n) is 5.36. The van der Waals surface area contributed by atoms with Crippen LogP contribution in [0.15, 0.2) is 60.0 Å². The second kappa shape index (κ2) is 6.84. The summed E-state index contributed by atoms with van der Waals surface area (Å²) in [6, 6.07) is 13.3. The van der Waals surface area contributed by atoms with E-state index in [1.54, 1.807) is 12.2 Å². The Hall–Kier alpha value is -2.66. The minimum Gasteiger partial charge on any atom is -0.466 e. The summed E-state index contributed by atoms with van der Waals surface area (Å²) in [7, 11) is 1.29. The Morgan fingerprint density at radius 3 is 2.71 bits per heavy atom. The van der Waals surface area contributed by atoms with Gasteiger partial charge in [-0.3, -0.25) is 0 Å². The zero-order valence-electron chi connectivity index (χ0n) is 13.1. The van der Waals surface area contributed by atoms with Crippen LogP contribution in [0.4, 0.5) is 0 Å². The number of carbonyl (C=O) groups excluding carboxylic acids is 2. The smallest absolute Gasteiger partial charge is 0.354 e. The zero-order valence-corrected chi connectivity index (χ0v) is 13.9. The van der Waals surface area contributed by atoms with Crippen molar-refractivity contribution in [3.05, 3.63) is 70.4 Å². The third kappa shape index (κ3) is 3.31. The van der Waals surface area contributed by atoms with E-state index in [0.717, 1.165) is 16.0 Å². The van der Waals surface area contributed by atoms with E-state index in [4.69, 9.17) is 9.47 Å². The van der Waals surface area contributed by atoms with Crippen LogP contribution in [0.1, 0.15) is 16.9 Å². The molecule has 4 nitrogen and oxygen atoms in total. The third-order valence-corrected chi connectivity index (χ3v) is 4.60. The summed E-state index contributed by atoms with van der Waals surface area (Å²) in [6.07, 6.45) is 5.05. The predicted octanol–water partition coefficient (Wildman–Crippen LogP) is 3.70. The lowest BCUT2D eigenvalue weighted by Gasteiger charge is -2.31. The molecule has 1 aromatic heterocycles. The molecule has 122 valence electrons. The van der Waals surface area contributed by atoms with Crippen molar-refractivity contribution >= 4 is 34.9 Å². The van der Waals surface area contributed by atoms with Crippen molar-refractivity contribution in [3.8, 4) is 0 Å². The standard InChI is InChI=1S/C19H16O4S/c1-22-18(21)19(10-9-16-8-5-11-24-16)13-15(12-17(20)23-19)14-6-3-2-4-7-14/h2-12H,13H2,1H3/b10-9+/t19-/m1/s1. The van der Waals surface area contributed by atoms with Crippen LogP contribution >= 0.6 is 11.3 Å². The highest BCUT2D eigenvalue weighted by molar-refractivity contribution is 7.10. The molecule has 0 saturated carbocycles. The molecule has 3 rings (SSSR count). The van der Waals surface area contributed by atoms with Crippen LogP contribution in [-0.4, -0.2) is 24.6 Å². The largest absolute Gasteiger partial charge is 0.466 e. The van der Waals surface area contributed by atoms with Gasteiger partial charge in [0.15, 0.2) is 0 Å². The minimum absolute atomic E-state index is 0.233. The van der Waals surface area contributed by atoms with Gasteiger partial charge in [0.2, 0.25) is 5.60 Å². The molecule has 24 heavy (non-hydrogen) atoms. The highest BCUT2D eigenvalue weighted by Crippen LogP contribution is 2.35. The van der Waals surface area contributed by atoms with Gasteiger partial charge in [0.25, 0.3) is 0 Å². The molecule has 0 amide bonds. The first-order valence-electron chi connectivity index (χ1n) is 7.43. The average Bonchev–Trinajstić information content (AvgIpc) is 3.13. The van der Waals surface area contributed by atoms with Gasteiger partial charge in [0, 0.05) is 17.4 Å². The van der Waals surface area contributed by atoms with Crippen LogP contribution < -0.4 is 0 Å². The first-order chi connectivity index (χ1) is 11.6. The molecule has 0 N–H and O–H groups in total. The molecule has 1 aliphatic heterocycles. The molecule has 0 spiro atoms. The summed E-state index contributed by atoms with van der Waals surface area (Å²) in [5.41, 5.74) is 0.176. The van der Waals surface area contributed by atoms with Crippen LogP contribution in [0.25, 0.3) is 11.6 Å². The number of benzene rings is 1. The Bertz CT molecular complexity index is 790. The van der Waals surface area contributed by atoms with Crippen molar-refractivity contribution in [2.75, 3.05) is 7.11 Å². The fourth-order valence-electron chi connectivity index (χ4n) is 2.61. The molecular formula is C19H16O4S. The molecular weight excluding hydrogens is 324 g/mol. The SMILES string of the molecule is COC(=O)[C@@]1(/C=C/c2cccs2)CC(c2ccccc2)=CC(=O)O1. The van der Waals surface area contributed by atoms with E-state index in [0.29, 0.717) is 0 Å². The molecule has 0 fully saturated rings. The van der Waals surface area contributed by atoms with Crippen LogP contribution in [0.5, 0.6) is 0 Å². The van der Waals surface area contributed by atoms with Crippen molar-refractivity contribution in [1.29, 1.82) is 0 Å². The summed E-state index contributed by atoms with van der Waals surface area (Å²) in [5.74, 6) is -1.15. The molecule has 2 heterocycles. The first-order valence-corrected chi connectivity index (χ1v) is 8.31. The molecule has 0 aliphatic carbocycles. The van der Waals surface area contributed by atoms with E-state index in [-0.39, 0.29) is 6.42 Å². The number of hydrogen-bond acceptors (Lipinski definition) is 5. The van der Waals surface area contributed by atoms with Crippen molar-refractivity contribution in [2.45, 2.75) is 12.0 Å². The van der Waals surface area contributed by atoms with Gasteiger partial charge in [-0.15, -0.1) is 11.3 Å². The maximum absolute atomic E-state index is 12.4. The Morgan fingerprint density at radius 1 is 1.25 bits per heavy atom. The van der Waals surface area contributed by atoms with Crippen molar-refractivity contribution in [3.63, 3.8) is 0 Å². The summed E-state index contributed by atoms with van der Waals surface area (Å²) < 4.78 is 10.3. The van der Waals surface area contributed by atoms with Gasteiger partial charge >= 0.3 is 11.9 Å². The highest BCUT2D eigenvalue weighted by Gasteiger charge is 2.44. The molecule has 0 unspecified atom stereocenters. The van der Waals surface area contributed by atoms with Crippen LogP contribution in [0, 0.1) is 0 Å². The maximum atomic E-state index is 12.4. The van der Waals surface area contributed by atoms with Gasteiger partial charge in [-0.2, -0.15) is 0 Å². The topological polar surface area (TPSA) is 52.6 Å². The van der Waals surface area contributed by atoms with Gasteiger partial charge in [0.05, 0.1) is 7.11 Å². The molecule has 2 aromatic rings. The van der Waals surface area contributed by atoms with E-state index in [9.17, 15) is 9.59 Å². The van der Waals surface area contributed by atoms with Gasteiger partial charge in [-0.05, 0) is 34.7 Å². The Morgan fingerprint density at radius 2 is 2.04 bits per heavy atom. The number of cyclic esters (lactones) is 1. The first kappa shape index (κ1) is 16.2. The lowest BCUT2D eigenvalue weighted by atomic mass is 9.87. The molecule has 0 radical (unpaired) electrons. The van der Waals surface area contributed by atoms with Crippen LogP contribution in [-0.2, 0) is 19.1 Å². The van der Waals surface area contributed by atoms with Crippen LogP contribution in [0.2, 0.25) is 0 Å². The number of esters is 2. The van der Waals surface area contributed by atoms with E-state index in [1.807, 2.05) is 47.8 Å². The van der Waals surface area contributed by atoms with Gasteiger partial charge < -0.3 is 9.47 Å². The van der Waals surface area contributed by atoms with E-state index < -0.39 is 17.5 Å². The van der Waals surface area contributed by atoms with E-state index in [1.165, 1.54) is 24.5 Å². The number of ether oxygens (including phenoxy) is 2. The minimum atomic E-state index is -1.45. The number of methoxy groups -OCH3 is 1. The van der Waals surface area contributed by atoms with Gasteiger partial charge in [0.1, 0.15) is 0 Å². The Balaban J connectivity index is 1.98. The number of thiophene rings is 1. The summed E-state index contributed by atoms with van der Waals surface area (Å²) in [6.45, 7) is 0. The van der Waals surface area contributed by atoms with Gasteiger partial charge in [-0.1, -0.05) is 36.4 Å². The normalized spacial score (nSPS) is 20.5. The summed E-state index contributed by atoms with van der Waals surface area (Å²) in [4.78, 5) is 25.5. The Kier molecular flexibility index (Phi) is 4.62. The fraction of sp³-hybridized carbons (Fsp3) is 0.158. The summed E-state index contributed by atoms with van der Waals surface area (Å²) >= 11 is 1.53. The Labute approximate surface area is 144 Å².